The standard InChI is InChI=1S/C15H14O4.C15H12O2/c1-8-3-4-10-12(18-7-8)6-13-14(15(10)17)11(16)5-9(2)19-13;1-2-13(11-6-4-3-5-7-11)14-10-12(16)8-9-15(14)17/h3,5-6,17H,4,7H2,1-2H3;2-10,13H,1H2. The Kier molecular flexibility index (Phi) is 7.15. The molecule has 2 aromatic carbocycles. The third kappa shape index (κ3) is 5.13. The highest BCUT2D eigenvalue weighted by molar-refractivity contribution is 6.18. The molecule has 2 heterocycles. The maximum absolute atomic E-state index is 12.0. The van der Waals surface area contributed by atoms with Gasteiger partial charge in [-0.1, -0.05) is 42.5 Å². The van der Waals surface area contributed by atoms with Crippen molar-refractivity contribution in [2.75, 3.05) is 6.61 Å². The lowest BCUT2D eigenvalue weighted by molar-refractivity contribution is -0.114. The molecular weight excluding hydrogens is 456 g/mol. The van der Waals surface area contributed by atoms with Gasteiger partial charge in [0.25, 0.3) is 0 Å². The predicted molar refractivity (Wildman–Crippen MR) is 138 cm³/mol. The van der Waals surface area contributed by atoms with Crippen LogP contribution in [0.15, 0.2) is 99.8 Å². The second kappa shape index (κ2) is 10.4. The van der Waals surface area contributed by atoms with Crippen LogP contribution in [-0.2, 0) is 16.0 Å². The minimum Gasteiger partial charge on any atom is -0.507 e. The molecule has 5 rings (SSSR count). The average Bonchev–Trinajstić information content (AvgIpc) is 3.04. The SMILES string of the molecule is C=CC(C1=CC(=O)C=CC1=O)c1ccccc1.CC1=CCc2c(cc3oc(C)cc(=O)c3c2O)OC1. The van der Waals surface area contributed by atoms with Crippen LogP contribution in [0.25, 0.3) is 11.0 Å². The van der Waals surface area contributed by atoms with Crippen molar-refractivity contribution in [3.05, 3.63) is 118 Å². The van der Waals surface area contributed by atoms with E-state index in [1.165, 1.54) is 24.3 Å². The van der Waals surface area contributed by atoms with Crippen molar-refractivity contribution >= 4 is 22.5 Å². The first-order chi connectivity index (χ1) is 17.3. The van der Waals surface area contributed by atoms with E-state index in [4.69, 9.17) is 9.15 Å². The molecule has 1 unspecified atom stereocenters. The molecule has 3 aromatic rings. The Morgan fingerprint density at radius 1 is 1.06 bits per heavy atom. The normalized spacial score (nSPS) is 15.5. The number of ether oxygens (including phenoxy) is 1. The molecule has 0 saturated heterocycles. The Balaban J connectivity index is 0.000000170. The van der Waals surface area contributed by atoms with Crippen molar-refractivity contribution in [3.63, 3.8) is 0 Å². The van der Waals surface area contributed by atoms with Gasteiger partial charge in [-0.3, -0.25) is 14.4 Å². The maximum Gasteiger partial charge on any atom is 0.196 e. The molecule has 6 heteroatoms. The summed E-state index contributed by atoms with van der Waals surface area (Å²) in [5, 5.41) is 10.5. The van der Waals surface area contributed by atoms with Crippen LogP contribution in [0.1, 0.15) is 29.7 Å². The number of hydrogen-bond acceptors (Lipinski definition) is 6. The number of carbonyl (C=O) groups excluding carboxylic acids is 2. The molecular formula is C30H26O6. The van der Waals surface area contributed by atoms with Gasteiger partial charge in [0.1, 0.15) is 34.8 Å². The van der Waals surface area contributed by atoms with Crippen LogP contribution < -0.4 is 10.2 Å². The van der Waals surface area contributed by atoms with Crippen molar-refractivity contribution in [2.45, 2.75) is 26.2 Å². The van der Waals surface area contributed by atoms with E-state index in [-0.39, 0.29) is 34.0 Å². The molecule has 1 aliphatic carbocycles. The number of allylic oxidation sites excluding steroid dienone is 6. The lowest BCUT2D eigenvalue weighted by atomic mass is 9.86. The number of aryl methyl sites for hydroxylation is 1. The first-order valence-electron chi connectivity index (χ1n) is 11.5. The van der Waals surface area contributed by atoms with Crippen LogP contribution in [0, 0.1) is 6.92 Å². The largest absolute Gasteiger partial charge is 0.507 e. The Morgan fingerprint density at radius 2 is 1.81 bits per heavy atom. The molecule has 6 nitrogen and oxygen atoms in total. The highest BCUT2D eigenvalue weighted by atomic mass is 16.5. The molecule has 0 radical (unpaired) electrons. The number of fused-ring (bicyclic) bond motifs is 2. The molecule has 0 saturated carbocycles. The number of rotatable bonds is 3. The number of benzene rings is 2. The van der Waals surface area contributed by atoms with Crippen molar-refractivity contribution in [2.24, 2.45) is 0 Å². The van der Waals surface area contributed by atoms with Gasteiger partial charge in [-0.2, -0.15) is 0 Å². The van der Waals surface area contributed by atoms with Crippen molar-refractivity contribution in [1.82, 2.24) is 0 Å². The van der Waals surface area contributed by atoms with E-state index in [0.717, 1.165) is 11.1 Å². The maximum atomic E-state index is 12.0. The van der Waals surface area contributed by atoms with Gasteiger partial charge in [0, 0.05) is 29.2 Å². The molecule has 2 aliphatic rings. The first kappa shape index (κ1) is 24.7. The molecule has 36 heavy (non-hydrogen) atoms. The monoisotopic (exact) mass is 482 g/mol. The Hall–Kier alpha value is -4.45. The minimum absolute atomic E-state index is 0.0350. The predicted octanol–water partition coefficient (Wildman–Crippen LogP) is 5.28. The Labute approximate surface area is 208 Å². The van der Waals surface area contributed by atoms with Crippen LogP contribution in [0.3, 0.4) is 0 Å². The summed E-state index contributed by atoms with van der Waals surface area (Å²) in [5.74, 6) is 0.553. The summed E-state index contributed by atoms with van der Waals surface area (Å²) in [4.78, 5) is 35.1. The highest BCUT2D eigenvalue weighted by Gasteiger charge is 2.22. The van der Waals surface area contributed by atoms with E-state index in [1.807, 2.05) is 43.3 Å². The minimum atomic E-state index is -0.232. The molecule has 1 aliphatic heterocycles. The fourth-order valence-corrected chi connectivity index (χ4v) is 4.17. The molecule has 1 aromatic heterocycles. The number of carbonyl (C=O) groups is 2. The third-order valence-corrected chi connectivity index (χ3v) is 6.00. The van der Waals surface area contributed by atoms with E-state index in [2.05, 4.69) is 6.58 Å². The third-order valence-electron chi connectivity index (χ3n) is 6.00. The summed E-state index contributed by atoms with van der Waals surface area (Å²) in [7, 11) is 0. The van der Waals surface area contributed by atoms with Crippen molar-refractivity contribution < 1.29 is 23.8 Å². The van der Waals surface area contributed by atoms with E-state index >= 15 is 0 Å². The molecule has 0 fully saturated rings. The number of hydrogen-bond donors (Lipinski definition) is 1. The fraction of sp³-hybridized carbons (Fsp3) is 0.167. The van der Waals surface area contributed by atoms with Gasteiger partial charge in [0.05, 0.1) is 0 Å². The van der Waals surface area contributed by atoms with Crippen LogP contribution in [0.2, 0.25) is 0 Å². The number of ketones is 2. The van der Waals surface area contributed by atoms with Gasteiger partial charge in [0.15, 0.2) is 17.0 Å². The molecule has 0 spiro atoms. The number of aromatic hydroxyl groups is 1. The number of phenols is 1. The fourth-order valence-electron chi connectivity index (χ4n) is 4.17. The quantitative estimate of drug-likeness (QED) is 0.403. The van der Waals surface area contributed by atoms with Crippen LogP contribution >= 0.6 is 0 Å². The smallest absolute Gasteiger partial charge is 0.196 e. The first-order valence-corrected chi connectivity index (χ1v) is 11.5. The summed E-state index contributed by atoms with van der Waals surface area (Å²) in [6.45, 7) is 7.90. The summed E-state index contributed by atoms with van der Waals surface area (Å²) < 4.78 is 11.1. The average molecular weight is 483 g/mol. The van der Waals surface area contributed by atoms with E-state index in [1.54, 1.807) is 19.1 Å². The van der Waals surface area contributed by atoms with Crippen LogP contribution in [0.4, 0.5) is 0 Å². The second-order valence-corrected chi connectivity index (χ2v) is 8.66. The lowest BCUT2D eigenvalue weighted by Gasteiger charge is -2.16. The van der Waals surface area contributed by atoms with Gasteiger partial charge in [-0.15, -0.1) is 6.58 Å². The Morgan fingerprint density at radius 3 is 2.53 bits per heavy atom. The summed E-state index contributed by atoms with van der Waals surface area (Å²) in [6.07, 6.45) is 8.23. The van der Waals surface area contributed by atoms with Gasteiger partial charge in [-0.25, -0.2) is 0 Å². The second-order valence-electron chi connectivity index (χ2n) is 8.66. The molecule has 1 N–H and O–H groups in total. The van der Waals surface area contributed by atoms with Crippen molar-refractivity contribution in [3.8, 4) is 11.5 Å². The number of phenolic OH excluding ortho intramolecular Hbond substituents is 1. The summed E-state index contributed by atoms with van der Waals surface area (Å²) >= 11 is 0. The van der Waals surface area contributed by atoms with Gasteiger partial charge < -0.3 is 14.3 Å². The van der Waals surface area contributed by atoms with E-state index in [9.17, 15) is 19.5 Å². The molecule has 0 amide bonds. The van der Waals surface area contributed by atoms with E-state index < -0.39 is 0 Å². The van der Waals surface area contributed by atoms with Gasteiger partial charge in [-0.05, 0) is 49.6 Å². The molecule has 0 bridgehead atoms. The zero-order valence-electron chi connectivity index (χ0n) is 20.1. The van der Waals surface area contributed by atoms with Crippen LogP contribution in [0.5, 0.6) is 11.5 Å². The zero-order chi connectivity index (χ0) is 25.8. The van der Waals surface area contributed by atoms with Crippen molar-refractivity contribution in [1.29, 1.82) is 0 Å². The molecule has 182 valence electrons. The molecule has 1 atom stereocenters. The Bertz CT molecular complexity index is 1500. The zero-order valence-corrected chi connectivity index (χ0v) is 20.1. The summed E-state index contributed by atoms with van der Waals surface area (Å²) in [6, 6.07) is 12.6. The van der Waals surface area contributed by atoms with E-state index in [0.29, 0.717) is 41.3 Å². The highest BCUT2D eigenvalue weighted by Crippen LogP contribution is 2.37. The lowest BCUT2D eigenvalue weighted by Crippen LogP contribution is -2.13. The van der Waals surface area contributed by atoms with Crippen LogP contribution in [-0.4, -0.2) is 23.3 Å². The topological polar surface area (TPSA) is 93.8 Å². The summed E-state index contributed by atoms with van der Waals surface area (Å²) in [5.41, 5.74) is 3.31. The van der Waals surface area contributed by atoms with Gasteiger partial charge in [0.2, 0.25) is 0 Å². The van der Waals surface area contributed by atoms with Gasteiger partial charge >= 0.3 is 0 Å².